The molecule has 0 saturated heterocycles. The summed E-state index contributed by atoms with van der Waals surface area (Å²) in [6.07, 6.45) is 0. The van der Waals surface area contributed by atoms with Gasteiger partial charge in [-0.15, -0.1) is 0 Å². The average molecular weight is 193 g/mol. The van der Waals surface area contributed by atoms with Gasteiger partial charge in [-0.1, -0.05) is 26.0 Å². The molecule has 14 heavy (non-hydrogen) atoms. The lowest BCUT2D eigenvalue weighted by Crippen LogP contribution is -2.06. The van der Waals surface area contributed by atoms with Crippen LogP contribution in [0.25, 0.3) is 0 Å². The third-order valence-corrected chi connectivity index (χ3v) is 3.56. The van der Waals surface area contributed by atoms with Crippen molar-refractivity contribution >= 4 is 0 Å². The van der Waals surface area contributed by atoms with Crippen LogP contribution >= 0.6 is 0 Å². The van der Waals surface area contributed by atoms with Crippen LogP contribution in [0.15, 0.2) is 18.2 Å². The normalized spacial score (nSPS) is 28.9. The molecule has 1 aliphatic carbocycles. The third kappa shape index (κ3) is 1.17. The number of rotatable bonds is 1. The largest absolute Gasteiger partial charge is 0.327 e. The van der Waals surface area contributed by atoms with E-state index >= 15 is 0 Å². The molecule has 2 atom stereocenters. The molecular weight excluding hydrogens is 177 g/mol. The first-order valence-corrected chi connectivity index (χ1v) is 4.97. The minimum absolute atomic E-state index is 0.124. The van der Waals surface area contributed by atoms with Crippen LogP contribution in [0, 0.1) is 18.2 Å². The predicted molar refractivity (Wildman–Crippen MR) is 55.6 cm³/mol. The molecule has 0 bridgehead atoms. The Morgan fingerprint density at radius 3 is 2.43 bits per heavy atom. The van der Waals surface area contributed by atoms with Crippen LogP contribution in [0.2, 0.25) is 0 Å². The SMILES string of the molecule is Cc1c(F)cccc1C1C(N)C1(C)C. The molecule has 1 aromatic carbocycles. The number of hydrogen-bond acceptors (Lipinski definition) is 1. The molecule has 2 N–H and O–H groups in total. The lowest BCUT2D eigenvalue weighted by molar-refractivity contribution is 0.590. The highest BCUT2D eigenvalue weighted by Gasteiger charge is 2.56. The minimum Gasteiger partial charge on any atom is -0.327 e. The molecule has 0 aliphatic heterocycles. The molecule has 1 fully saturated rings. The minimum atomic E-state index is -0.127. The van der Waals surface area contributed by atoms with Gasteiger partial charge in [-0.2, -0.15) is 0 Å². The highest BCUT2D eigenvalue weighted by Crippen LogP contribution is 2.57. The van der Waals surface area contributed by atoms with Crippen LogP contribution in [-0.2, 0) is 0 Å². The maximum atomic E-state index is 13.3. The highest BCUT2D eigenvalue weighted by molar-refractivity contribution is 5.39. The molecule has 0 radical (unpaired) electrons. The van der Waals surface area contributed by atoms with E-state index < -0.39 is 0 Å². The fourth-order valence-corrected chi connectivity index (χ4v) is 2.23. The van der Waals surface area contributed by atoms with Crippen LogP contribution in [0.5, 0.6) is 0 Å². The van der Waals surface area contributed by atoms with Gasteiger partial charge in [0, 0.05) is 12.0 Å². The Kier molecular flexibility index (Phi) is 1.93. The van der Waals surface area contributed by atoms with E-state index in [4.69, 9.17) is 5.73 Å². The first-order valence-electron chi connectivity index (χ1n) is 4.97. The molecule has 2 heteroatoms. The van der Waals surface area contributed by atoms with Gasteiger partial charge in [-0.3, -0.25) is 0 Å². The van der Waals surface area contributed by atoms with Crippen LogP contribution < -0.4 is 5.73 Å². The quantitative estimate of drug-likeness (QED) is 0.729. The zero-order valence-corrected chi connectivity index (χ0v) is 8.84. The number of hydrogen-bond donors (Lipinski definition) is 1. The summed E-state index contributed by atoms with van der Waals surface area (Å²) in [6.45, 7) is 6.09. The second kappa shape index (κ2) is 2.80. The van der Waals surface area contributed by atoms with Gasteiger partial charge in [0.05, 0.1) is 0 Å². The maximum Gasteiger partial charge on any atom is 0.126 e. The van der Waals surface area contributed by atoms with Gasteiger partial charge in [-0.25, -0.2) is 4.39 Å². The summed E-state index contributed by atoms with van der Waals surface area (Å²) in [5.41, 5.74) is 7.92. The fraction of sp³-hybridized carbons (Fsp3) is 0.500. The fourth-order valence-electron chi connectivity index (χ4n) is 2.23. The van der Waals surface area contributed by atoms with Crippen LogP contribution in [-0.4, -0.2) is 6.04 Å². The molecule has 1 nitrogen and oxygen atoms in total. The second-order valence-electron chi connectivity index (χ2n) is 4.78. The molecule has 2 rings (SSSR count). The van der Waals surface area contributed by atoms with Crippen LogP contribution in [0.4, 0.5) is 4.39 Å². The van der Waals surface area contributed by atoms with Gasteiger partial charge in [0.2, 0.25) is 0 Å². The van der Waals surface area contributed by atoms with E-state index in [9.17, 15) is 4.39 Å². The number of benzene rings is 1. The molecular formula is C12H16FN. The first-order chi connectivity index (χ1) is 6.46. The molecule has 0 spiro atoms. The molecule has 1 aliphatic rings. The molecule has 2 unspecified atom stereocenters. The zero-order valence-electron chi connectivity index (χ0n) is 8.84. The van der Waals surface area contributed by atoms with Gasteiger partial charge in [-0.05, 0) is 29.5 Å². The van der Waals surface area contributed by atoms with Gasteiger partial charge >= 0.3 is 0 Å². The van der Waals surface area contributed by atoms with E-state index in [0.29, 0.717) is 5.92 Å². The molecule has 0 amide bonds. The standard InChI is InChI=1S/C12H16FN/c1-7-8(5-4-6-9(7)13)10-11(14)12(10,2)3/h4-6,10-11H,14H2,1-3H3. The van der Waals surface area contributed by atoms with Gasteiger partial charge in [0.15, 0.2) is 0 Å². The topological polar surface area (TPSA) is 26.0 Å². The Labute approximate surface area is 84.1 Å². The Bertz CT molecular complexity index is 371. The lowest BCUT2D eigenvalue weighted by Gasteiger charge is -2.07. The van der Waals surface area contributed by atoms with E-state index in [1.54, 1.807) is 6.07 Å². The smallest absolute Gasteiger partial charge is 0.126 e. The van der Waals surface area contributed by atoms with E-state index in [2.05, 4.69) is 13.8 Å². The summed E-state index contributed by atoms with van der Waals surface area (Å²) >= 11 is 0. The zero-order chi connectivity index (χ0) is 10.5. The second-order valence-corrected chi connectivity index (χ2v) is 4.78. The summed E-state index contributed by atoms with van der Waals surface area (Å²) < 4.78 is 13.3. The van der Waals surface area contributed by atoms with Crippen molar-refractivity contribution in [3.05, 3.63) is 35.1 Å². The summed E-state index contributed by atoms with van der Waals surface area (Å²) in [4.78, 5) is 0. The Balaban J connectivity index is 2.40. The average Bonchev–Trinajstić information content (AvgIpc) is 2.59. The van der Waals surface area contributed by atoms with Crippen molar-refractivity contribution in [2.24, 2.45) is 11.1 Å². The van der Waals surface area contributed by atoms with Crippen molar-refractivity contribution in [3.8, 4) is 0 Å². The van der Waals surface area contributed by atoms with E-state index in [-0.39, 0.29) is 17.3 Å². The van der Waals surface area contributed by atoms with Gasteiger partial charge in [0.25, 0.3) is 0 Å². The third-order valence-electron chi connectivity index (χ3n) is 3.56. The highest BCUT2D eigenvalue weighted by atomic mass is 19.1. The summed E-state index contributed by atoms with van der Waals surface area (Å²) in [6, 6.07) is 5.42. The van der Waals surface area contributed by atoms with Gasteiger partial charge < -0.3 is 5.73 Å². The van der Waals surface area contributed by atoms with Crippen LogP contribution in [0.3, 0.4) is 0 Å². The van der Waals surface area contributed by atoms with Gasteiger partial charge in [0.1, 0.15) is 5.82 Å². The molecule has 0 heterocycles. The summed E-state index contributed by atoms with van der Waals surface area (Å²) in [5.74, 6) is 0.190. The predicted octanol–water partition coefficient (Wildman–Crippen LogP) is 2.58. The van der Waals surface area contributed by atoms with E-state index in [1.807, 2.05) is 13.0 Å². The Morgan fingerprint density at radius 1 is 1.36 bits per heavy atom. The van der Waals surface area contributed by atoms with Crippen molar-refractivity contribution in [1.82, 2.24) is 0 Å². The first kappa shape index (κ1) is 9.66. The van der Waals surface area contributed by atoms with Crippen molar-refractivity contribution in [1.29, 1.82) is 0 Å². The van der Waals surface area contributed by atoms with Crippen molar-refractivity contribution in [2.45, 2.75) is 32.7 Å². The Morgan fingerprint density at radius 2 is 1.93 bits per heavy atom. The molecule has 1 saturated carbocycles. The van der Waals surface area contributed by atoms with Crippen LogP contribution in [0.1, 0.15) is 30.9 Å². The van der Waals surface area contributed by atoms with Crippen molar-refractivity contribution in [3.63, 3.8) is 0 Å². The number of nitrogens with two attached hydrogens (primary N) is 1. The molecule has 0 aromatic heterocycles. The van der Waals surface area contributed by atoms with Crippen molar-refractivity contribution < 1.29 is 4.39 Å². The number of halogens is 1. The molecule has 1 aromatic rings. The van der Waals surface area contributed by atoms with E-state index in [1.165, 1.54) is 6.07 Å². The Hall–Kier alpha value is -0.890. The van der Waals surface area contributed by atoms with E-state index in [0.717, 1.165) is 11.1 Å². The van der Waals surface area contributed by atoms with Crippen molar-refractivity contribution in [2.75, 3.05) is 0 Å². The maximum absolute atomic E-state index is 13.3. The summed E-state index contributed by atoms with van der Waals surface area (Å²) in [7, 11) is 0. The lowest BCUT2D eigenvalue weighted by atomic mass is 9.98. The molecule has 76 valence electrons. The monoisotopic (exact) mass is 193 g/mol. The summed E-state index contributed by atoms with van der Waals surface area (Å²) in [5, 5.41) is 0.